The first-order valence-corrected chi connectivity index (χ1v) is 3.02. The van der Waals surface area contributed by atoms with Gasteiger partial charge in [0.25, 0.3) is 0 Å². The van der Waals surface area contributed by atoms with Crippen LogP contribution in [0.3, 0.4) is 0 Å². The van der Waals surface area contributed by atoms with Crippen LogP contribution in [0, 0.1) is 0 Å². The zero-order valence-electron chi connectivity index (χ0n) is 5.32. The van der Waals surface area contributed by atoms with Crippen LogP contribution >= 0.6 is 0 Å². The van der Waals surface area contributed by atoms with Crippen LogP contribution in [0.4, 0.5) is 0 Å². The molecule has 0 aromatic carbocycles. The second-order valence-electron chi connectivity index (χ2n) is 2.35. The molecule has 0 aromatic heterocycles. The first kappa shape index (κ1) is 7.46. The molecule has 1 rings (SSSR count). The molecule has 5 N–H and O–H groups in total. The van der Waals surface area contributed by atoms with Crippen LogP contribution in [0.5, 0.6) is 0 Å². The number of nitrogens with one attached hydrogen (secondary N) is 1. The molecule has 0 aromatic rings. The van der Waals surface area contributed by atoms with Crippen LogP contribution in [0.2, 0.25) is 0 Å². The summed E-state index contributed by atoms with van der Waals surface area (Å²) in [6.07, 6.45) is -1.94. The summed E-state index contributed by atoms with van der Waals surface area (Å²) in [4.78, 5) is 10.4. The summed E-state index contributed by atoms with van der Waals surface area (Å²) in [5, 5.41) is 20.5. The van der Waals surface area contributed by atoms with Crippen LogP contribution in [0.1, 0.15) is 0 Å². The number of β-amino-alcohol motifs (C(OH)–C–C–N with tert-alkyl or cyclic N) is 1. The van der Waals surface area contributed by atoms with E-state index in [2.05, 4.69) is 5.32 Å². The number of hydrogen-bond donors (Lipinski definition) is 4. The van der Waals surface area contributed by atoms with Crippen molar-refractivity contribution < 1.29 is 15.0 Å². The molecule has 1 aliphatic rings. The molecule has 1 amide bonds. The van der Waals surface area contributed by atoms with Gasteiger partial charge in [0.2, 0.25) is 5.91 Å². The lowest BCUT2D eigenvalue weighted by atomic mass is 10.1. The van der Waals surface area contributed by atoms with Crippen molar-refractivity contribution in [3.63, 3.8) is 0 Å². The molecule has 0 bridgehead atoms. The van der Waals surface area contributed by atoms with E-state index in [9.17, 15) is 4.79 Å². The molecule has 1 heterocycles. The van der Waals surface area contributed by atoms with Gasteiger partial charge in [-0.15, -0.1) is 0 Å². The smallest absolute Gasteiger partial charge is 0.237 e. The van der Waals surface area contributed by atoms with Crippen LogP contribution in [-0.4, -0.2) is 40.9 Å². The summed E-state index contributed by atoms with van der Waals surface area (Å²) in [5.41, 5.74) is 4.88. The average molecular weight is 146 g/mol. The number of nitrogens with two attached hydrogens (primary N) is 1. The van der Waals surface area contributed by atoms with Gasteiger partial charge in [0.15, 0.2) is 0 Å². The van der Waals surface area contributed by atoms with Gasteiger partial charge in [0, 0.05) is 6.54 Å². The Balaban J connectivity index is 2.57. The van der Waals surface area contributed by atoms with Gasteiger partial charge in [-0.1, -0.05) is 0 Å². The predicted molar refractivity (Wildman–Crippen MR) is 33.0 cm³/mol. The van der Waals surface area contributed by atoms with E-state index in [4.69, 9.17) is 15.9 Å². The number of aliphatic hydroxyl groups is 2. The van der Waals surface area contributed by atoms with Crippen molar-refractivity contribution in [3.05, 3.63) is 0 Å². The first-order valence-electron chi connectivity index (χ1n) is 3.02. The Morgan fingerprint density at radius 3 is 2.40 bits per heavy atom. The molecule has 0 saturated carbocycles. The highest BCUT2D eigenvalue weighted by atomic mass is 16.3. The number of hydrogen-bond acceptors (Lipinski definition) is 4. The van der Waals surface area contributed by atoms with Crippen LogP contribution < -0.4 is 11.1 Å². The highest BCUT2D eigenvalue weighted by Gasteiger charge is 2.36. The number of rotatable bonds is 1. The van der Waals surface area contributed by atoms with Gasteiger partial charge >= 0.3 is 0 Å². The Kier molecular flexibility index (Phi) is 1.89. The van der Waals surface area contributed by atoms with E-state index in [1.165, 1.54) is 0 Å². The Morgan fingerprint density at radius 2 is 2.20 bits per heavy atom. The normalized spacial score (nSPS) is 40.0. The number of aliphatic hydroxyl groups excluding tert-OH is 2. The van der Waals surface area contributed by atoms with Crippen LogP contribution in [0.25, 0.3) is 0 Å². The zero-order chi connectivity index (χ0) is 7.72. The first-order chi connectivity index (χ1) is 4.63. The van der Waals surface area contributed by atoms with E-state index in [-0.39, 0.29) is 6.54 Å². The fourth-order valence-corrected chi connectivity index (χ4v) is 0.980. The molecule has 10 heavy (non-hydrogen) atoms. The third kappa shape index (κ3) is 1.11. The molecule has 5 nitrogen and oxygen atoms in total. The van der Waals surface area contributed by atoms with Crippen molar-refractivity contribution in [2.75, 3.05) is 6.54 Å². The van der Waals surface area contributed by atoms with Gasteiger partial charge in [-0.3, -0.25) is 4.79 Å². The van der Waals surface area contributed by atoms with E-state index in [0.717, 1.165) is 0 Å². The maximum Gasteiger partial charge on any atom is 0.237 e. The number of amides is 1. The highest BCUT2D eigenvalue weighted by Crippen LogP contribution is 2.06. The lowest BCUT2D eigenvalue weighted by Crippen LogP contribution is -2.44. The largest absolute Gasteiger partial charge is 0.389 e. The van der Waals surface area contributed by atoms with Crippen molar-refractivity contribution in [2.24, 2.45) is 5.73 Å². The lowest BCUT2D eigenvalue weighted by molar-refractivity contribution is -0.122. The minimum absolute atomic E-state index is 0.217. The summed E-state index contributed by atoms with van der Waals surface area (Å²) in [6.45, 7) is 0.217. The van der Waals surface area contributed by atoms with Crippen LogP contribution in [-0.2, 0) is 4.79 Å². The SMILES string of the molecule is NC(=O)[C@H]1NC[C@@H](O)[C@@H]1O. The van der Waals surface area contributed by atoms with Gasteiger partial charge < -0.3 is 21.3 Å². The minimum atomic E-state index is -1.06. The van der Waals surface area contributed by atoms with Gasteiger partial charge in [0.1, 0.15) is 12.1 Å². The second kappa shape index (κ2) is 2.53. The minimum Gasteiger partial charge on any atom is -0.389 e. The average Bonchev–Trinajstić information content (AvgIpc) is 2.14. The molecule has 0 spiro atoms. The third-order valence-corrected chi connectivity index (χ3v) is 1.59. The van der Waals surface area contributed by atoms with Crippen LogP contribution in [0.15, 0.2) is 0 Å². The van der Waals surface area contributed by atoms with Gasteiger partial charge in [-0.25, -0.2) is 0 Å². The molecule has 3 atom stereocenters. The maximum atomic E-state index is 10.4. The molecular formula is C5H10N2O3. The van der Waals surface area contributed by atoms with Crippen molar-refractivity contribution in [3.8, 4) is 0 Å². The molecular weight excluding hydrogens is 136 g/mol. The van der Waals surface area contributed by atoms with Crippen molar-refractivity contribution in [2.45, 2.75) is 18.2 Å². The van der Waals surface area contributed by atoms with E-state index in [1.54, 1.807) is 0 Å². The van der Waals surface area contributed by atoms with E-state index >= 15 is 0 Å². The quantitative estimate of drug-likeness (QED) is 0.320. The van der Waals surface area contributed by atoms with Gasteiger partial charge in [-0.05, 0) is 0 Å². The van der Waals surface area contributed by atoms with E-state index < -0.39 is 24.2 Å². The molecule has 1 aliphatic heterocycles. The third-order valence-electron chi connectivity index (χ3n) is 1.59. The molecule has 1 saturated heterocycles. The van der Waals surface area contributed by atoms with E-state index in [1.807, 2.05) is 0 Å². The van der Waals surface area contributed by atoms with E-state index in [0.29, 0.717) is 0 Å². The number of primary amides is 1. The Morgan fingerprint density at radius 1 is 1.60 bits per heavy atom. The Hall–Kier alpha value is -0.650. The summed E-state index contributed by atoms with van der Waals surface area (Å²) in [6, 6.07) is -0.796. The van der Waals surface area contributed by atoms with Gasteiger partial charge in [-0.2, -0.15) is 0 Å². The molecule has 1 fully saturated rings. The summed E-state index contributed by atoms with van der Waals surface area (Å²) >= 11 is 0. The zero-order valence-corrected chi connectivity index (χ0v) is 5.32. The van der Waals surface area contributed by atoms with Gasteiger partial charge in [0.05, 0.1) is 6.10 Å². The number of carbonyl (C=O) groups is 1. The molecule has 0 aliphatic carbocycles. The fourth-order valence-electron chi connectivity index (χ4n) is 0.980. The van der Waals surface area contributed by atoms with Crippen molar-refractivity contribution in [1.82, 2.24) is 5.32 Å². The summed E-state index contributed by atoms with van der Waals surface area (Å²) in [7, 11) is 0. The maximum absolute atomic E-state index is 10.4. The highest BCUT2D eigenvalue weighted by molar-refractivity contribution is 5.81. The van der Waals surface area contributed by atoms with Crippen molar-refractivity contribution >= 4 is 5.91 Å². The summed E-state index contributed by atoms with van der Waals surface area (Å²) in [5.74, 6) is -0.635. The standard InChI is InChI=1S/C5H10N2O3/c6-5(10)3-4(9)2(8)1-7-3/h2-4,7-9H,1H2,(H2,6,10)/t2-,3+,4+/m1/s1. The van der Waals surface area contributed by atoms with Crippen molar-refractivity contribution in [1.29, 1.82) is 0 Å². The number of carbonyl (C=O) groups excluding carboxylic acids is 1. The predicted octanol–water partition coefficient (Wildman–Crippen LogP) is -2.83. The fraction of sp³-hybridized carbons (Fsp3) is 0.800. The topological polar surface area (TPSA) is 95.6 Å². The Bertz CT molecular complexity index is 150. The molecule has 0 unspecified atom stereocenters. The second-order valence-corrected chi connectivity index (χ2v) is 2.35. The Labute approximate surface area is 57.8 Å². The summed E-state index contributed by atoms with van der Waals surface area (Å²) < 4.78 is 0. The molecule has 5 heteroatoms. The monoisotopic (exact) mass is 146 g/mol. The molecule has 0 radical (unpaired) electrons. The molecule has 58 valence electrons. The lowest BCUT2D eigenvalue weighted by Gasteiger charge is -2.10.